The van der Waals surface area contributed by atoms with Gasteiger partial charge in [0.15, 0.2) is 6.29 Å². The van der Waals surface area contributed by atoms with E-state index in [9.17, 15) is 14.2 Å². The molecule has 0 saturated carbocycles. The molecule has 1 fully saturated rings. The minimum atomic E-state index is -1.10. The van der Waals surface area contributed by atoms with Gasteiger partial charge in [0.2, 0.25) is 0 Å². The van der Waals surface area contributed by atoms with Crippen LogP contribution in [0.3, 0.4) is 0 Å². The van der Waals surface area contributed by atoms with Gasteiger partial charge in [0.1, 0.15) is 5.82 Å². The van der Waals surface area contributed by atoms with E-state index in [0.717, 1.165) is 0 Å². The number of ether oxygens (including phenoxy) is 2. The van der Waals surface area contributed by atoms with Crippen LogP contribution in [-0.4, -0.2) is 44.1 Å². The Morgan fingerprint density at radius 3 is 2.95 bits per heavy atom. The van der Waals surface area contributed by atoms with E-state index in [2.05, 4.69) is 5.32 Å². The lowest BCUT2D eigenvalue weighted by molar-refractivity contribution is -0.0455. The van der Waals surface area contributed by atoms with E-state index < -0.39 is 18.8 Å². The van der Waals surface area contributed by atoms with Gasteiger partial charge in [-0.1, -0.05) is 0 Å². The second-order valence-electron chi connectivity index (χ2n) is 4.91. The number of hydrogen-bond donors (Lipinski definition) is 2. The number of carbonyl (C=O) groups is 1. The summed E-state index contributed by atoms with van der Waals surface area (Å²) < 4.78 is 29.4. The number of hydrogen-bond acceptors (Lipinski definition) is 5. The normalized spacial score (nSPS) is 18.1. The van der Waals surface area contributed by atoms with Gasteiger partial charge in [-0.2, -0.15) is 0 Å². The van der Waals surface area contributed by atoms with Crippen molar-refractivity contribution in [2.75, 3.05) is 19.8 Å². The molecule has 3 rings (SSSR count). The van der Waals surface area contributed by atoms with Crippen molar-refractivity contribution in [1.82, 2.24) is 5.32 Å². The van der Waals surface area contributed by atoms with Crippen LogP contribution in [0.2, 0.25) is 0 Å². The smallest absolute Gasteiger partial charge is 0.423 e. The third-order valence-electron chi connectivity index (χ3n) is 3.49. The van der Waals surface area contributed by atoms with E-state index in [0.29, 0.717) is 37.2 Å². The first-order valence-corrected chi connectivity index (χ1v) is 6.78. The number of amides is 1. The molecule has 2 N–H and O–H groups in total. The standard InChI is InChI=1S/C13H15BFNO5/c15-11-5-8-7-21-14(18)10(8)6-9(11)13(17)16-2-1-12-19-3-4-20-12/h5-6,12,18H,1-4,7H2,(H,16,17). The Labute approximate surface area is 121 Å². The molecule has 0 spiro atoms. The summed E-state index contributed by atoms with van der Waals surface area (Å²) in [5, 5.41) is 12.2. The van der Waals surface area contributed by atoms with E-state index >= 15 is 0 Å². The lowest BCUT2D eigenvalue weighted by Gasteiger charge is -2.11. The van der Waals surface area contributed by atoms with E-state index in [4.69, 9.17) is 14.1 Å². The van der Waals surface area contributed by atoms with Crippen LogP contribution in [0.4, 0.5) is 4.39 Å². The van der Waals surface area contributed by atoms with Crippen LogP contribution in [0.5, 0.6) is 0 Å². The number of benzene rings is 1. The average Bonchev–Trinajstić information content (AvgIpc) is 3.08. The molecule has 0 aliphatic carbocycles. The summed E-state index contributed by atoms with van der Waals surface area (Å²) in [6.07, 6.45) is 0.190. The SMILES string of the molecule is O=C(NCCC1OCCO1)c1cc2c(cc1F)COB2O. The summed E-state index contributed by atoms with van der Waals surface area (Å²) >= 11 is 0. The number of rotatable bonds is 4. The minimum absolute atomic E-state index is 0.105. The maximum Gasteiger partial charge on any atom is 0.491 e. The van der Waals surface area contributed by atoms with Crippen LogP contribution in [-0.2, 0) is 20.7 Å². The third-order valence-corrected chi connectivity index (χ3v) is 3.49. The maximum absolute atomic E-state index is 13.9. The molecule has 0 bridgehead atoms. The summed E-state index contributed by atoms with van der Waals surface area (Å²) in [6, 6.07) is 2.56. The molecule has 21 heavy (non-hydrogen) atoms. The predicted octanol–water partition coefficient (Wildman–Crippen LogP) is -0.464. The van der Waals surface area contributed by atoms with Gasteiger partial charge in [-0.25, -0.2) is 4.39 Å². The Hall–Kier alpha value is -1.48. The van der Waals surface area contributed by atoms with Gasteiger partial charge in [0.25, 0.3) is 5.91 Å². The number of carbonyl (C=O) groups excluding carboxylic acids is 1. The molecule has 2 aliphatic heterocycles. The maximum atomic E-state index is 13.9. The fraction of sp³-hybridized carbons (Fsp3) is 0.462. The predicted molar refractivity (Wildman–Crippen MR) is 71.4 cm³/mol. The molecule has 1 amide bonds. The Kier molecular flexibility index (Phi) is 4.20. The van der Waals surface area contributed by atoms with Crippen molar-refractivity contribution in [2.24, 2.45) is 0 Å². The summed E-state index contributed by atoms with van der Waals surface area (Å²) in [6.45, 7) is 1.57. The van der Waals surface area contributed by atoms with Crippen molar-refractivity contribution in [2.45, 2.75) is 19.3 Å². The second kappa shape index (κ2) is 6.11. The lowest BCUT2D eigenvalue weighted by Crippen LogP contribution is -2.32. The first kappa shape index (κ1) is 14.5. The Morgan fingerprint density at radius 2 is 2.19 bits per heavy atom. The van der Waals surface area contributed by atoms with E-state index in [1.165, 1.54) is 12.1 Å². The highest BCUT2D eigenvalue weighted by atomic mass is 19.1. The highest BCUT2D eigenvalue weighted by Gasteiger charge is 2.30. The Morgan fingerprint density at radius 1 is 1.43 bits per heavy atom. The quantitative estimate of drug-likeness (QED) is 0.735. The average molecular weight is 295 g/mol. The summed E-state index contributed by atoms with van der Waals surface area (Å²) in [7, 11) is -1.10. The Balaban J connectivity index is 1.63. The van der Waals surface area contributed by atoms with Gasteiger partial charge in [0.05, 0.1) is 25.4 Å². The molecule has 0 radical (unpaired) electrons. The summed E-state index contributed by atoms with van der Waals surface area (Å²) in [5.41, 5.74) is 0.889. The van der Waals surface area contributed by atoms with E-state index in [-0.39, 0.29) is 18.5 Å². The zero-order valence-corrected chi connectivity index (χ0v) is 11.3. The molecule has 0 unspecified atom stereocenters. The van der Waals surface area contributed by atoms with Crippen molar-refractivity contribution >= 4 is 18.5 Å². The van der Waals surface area contributed by atoms with Crippen molar-refractivity contribution in [3.8, 4) is 0 Å². The van der Waals surface area contributed by atoms with Gasteiger partial charge < -0.3 is 24.5 Å². The van der Waals surface area contributed by atoms with Crippen molar-refractivity contribution in [1.29, 1.82) is 0 Å². The molecule has 1 aromatic rings. The highest BCUT2D eigenvalue weighted by molar-refractivity contribution is 6.61. The van der Waals surface area contributed by atoms with E-state index in [1.807, 2.05) is 0 Å². The topological polar surface area (TPSA) is 77.0 Å². The largest absolute Gasteiger partial charge is 0.491 e. The molecular formula is C13H15BFNO5. The monoisotopic (exact) mass is 295 g/mol. The van der Waals surface area contributed by atoms with Crippen LogP contribution in [0.25, 0.3) is 0 Å². The fourth-order valence-corrected chi connectivity index (χ4v) is 2.39. The summed E-state index contributed by atoms with van der Waals surface area (Å²) in [5.74, 6) is -1.16. The first-order chi connectivity index (χ1) is 10.1. The molecule has 1 saturated heterocycles. The van der Waals surface area contributed by atoms with Crippen LogP contribution >= 0.6 is 0 Å². The number of halogens is 1. The second-order valence-corrected chi connectivity index (χ2v) is 4.91. The molecule has 1 aromatic carbocycles. The van der Waals surface area contributed by atoms with Crippen LogP contribution < -0.4 is 10.8 Å². The van der Waals surface area contributed by atoms with Crippen molar-refractivity contribution in [3.05, 3.63) is 29.1 Å². The lowest BCUT2D eigenvalue weighted by atomic mass is 9.78. The van der Waals surface area contributed by atoms with Crippen molar-refractivity contribution < 1.29 is 28.3 Å². The fourth-order valence-electron chi connectivity index (χ4n) is 2.39. The van der Waals surface area contributed by atoms with Crippen LogP contribution in [0.1, 0.15) is 22.3 Å². The molecule has 6 nitrogen and oxygen atoms in total. The first-order valence-electron chi connectivity index (χ1n) is 6.78. The highest BCUT2D eigenvalue weighted by Crippen LogP contribution is 2.15. The molecule has 0 atom stereocenters. The Bertz CT molecular complexity index is 550. The van der Waals surface area contributed by atoms with Gasteiger partial charge in [-0.05, 0) is 23.2 Å². The summed E-state index contributed by atoms with van der Waals surface area (Å²) in [4.78, 5) is 12.0. The molecule has 0 aromatic heterocycles. The molecule has 2 aliphatic rings. The van der Waals surface area contributed by atoms with Crippen molar-refractivity contribution in [3.63, 3.8) is 0 Å². The number of nitrogens with one attached hydrogen (secondary N) is 1. The molecule has 2 heterocycles. The molecular weight excluding hydrogens is 280 g/mol. The van der Waals surface area contributed by atoms with Gasteiger partial charge in [-0.3, -0.25) is 4.79 Å². The third kappa shape index (κ3) is 3.08. The minimum Gasteiger partial charge on any atom is -0.423 e. The van der Waals surface area contributed by atoms with Crippen LogP contribution in [0, 0.1) is 5.82 Å². The van der Waals surface area contributed by atoms with Gasteiger partial charge >= 0.3 is 7.12 Å². The molecule has 8 heteroatoms. The van der Waals surface area contributed by atoms with Gasteiger partial charge in [0, 0.05) is 13.0 Å². The number of fused-ring (bicyclic) bond motifs is 1. The van der Waals surface area contributed by atoms with E-state index in [1.54, 1.807) is 0 Å². The zero-order chi connectivity index (χ0) is 14.8. The zero-order valence-electron chi connectivity index (χ0n) is 11.3. The van der Waals surface area contributed by atoms with Crippen LogP contribution in [0.15, 0.2) is 12.1 Å². The molecule has 112 valence electrons. The van der Waals surface area contributed by atoms with Gasteiger partial charge in [-0.15, -0.1) is 0 Å².